The number of halogens is 1. The van der Waals surface area contributed by atoms with Crippen LogP contribution in [-0.4, -0.2) is 49.6 Å². The van der Waals surface area contributed by atoms with E-state index in [4.69, 9.17) is 13.8 Å². The highest BCUT2D eigenvalue weighted by molar-refractivity contribution is 7.52. The van der Waals surface area contributed by atoms with E-state index in [0.717, 1.165) is 9.95 Å². The van der Waals surface area contributed by atoms with Gasteiger partial charge in [-0.3, -0.25) is 23.7 Å². The van der Waals surface area contributed by atoms with Crippen molar-refractivity contribution >= 4 is 24.5 Å². The van der Waals surface area contributed by atoms with E-state index in [2.05, 4.69) is 5.09 Å². The number of rotatable bonds is 9. The van der Waals surface area contributed by atoms with E-state index >= 15 is 0 Å². The second-order valence-electron chi connectivity index (χ2n) is 9.37. The first-order chi connectivity index (χ1) is 18.0. The lowest BCUT2D eigenvalue weighted by atomic mass is 10.1. The summed E-state index contributed by atoms with van der Waals surface area (Å²) in [5.74, 6) is -2.31. The molecule has 5 rings (SSSR count). The number of hydrogen-bond donors (Lipinski definition) is 4. The summed E-state index contributed by atoms with van der Waals surface area (Å²) in [6.45, 7) is 1.28. The molecule has 5 atom stereocenters. The second kappa shape index (κ2) is 9.75. The molecule has 2 fully saturated rings. The van der Waals surface area contributed by atoms with Crippen molar-refractivity contribution in [3.05, 3.63) is 75.3 Å². The summed E-state index contributed by atoms with van der Waals surface area (Å²) < 4.78 is 46.4. The molecule has 1 aliphatic carbocycles. The van der Waals surface area contributed by atoms with Crippen LogP contribution in [0.2, 0.25) is 0 Å². The maximum atomic E-state index is 14.0. The van der Waals surface area contributed by atoms with Crippen LogP contribution in [0.4, 0.5) is 4.39 Å². The smallest absolute Gasteiger partial charge is 0.460 e. The van der Waals surface area contributed by atoms with Gasteiger partial charge in [0.05, 0.1) is 12.3 Å². The van der Waals surface area contributed by atoms with Gasteiger partial charge in [-0.2, -0.15) is 9.48 Å². The summed E-state index contributed by atoms with van der Waals surface area (Å²) in [4.78, 5) is 37.0. The number of H-pyrrole nitrogens is 1. The summed E-state index contributed by atoms with van der Waals surface area (Å²) in [6, 6.07) is 10.9. The topological polar surface area (TPSA) is 169 Å². The number of aromatic nitrogens is 2. The zero-order valence-electron chi connectivity index (χ0n) is 20.1. The molecule has 202 valence electrons. The van der Waals surface area contributed by atoms with E-state index in [0.29, 0.717) is 11.6 Å². The molecule has 1 saturated heterocycles. The fraction of sp³-hybridized carbons (Fsp3) is 0.375. The average molecular weight is 549 g/mol. The number of aliphatic hydroxyl groups is 1. The van der Waals surface area contributed by atoms with Crippen molar-refractivity contribution < 1.29 is 37.7 Å². The summed E-state index contributed by atoms with van der Waals surface area (Å²) in [5.41, 5.74) is -3.46. The SMILES string of the molecule is C[C@H](N[P@](=O)(Oc1cccc2ccccc12)OC1([C@H]2O[C@@H](n3cc(F)c(=O)[nH]c3=O)C[C@@H]2O)CC1)C(=O)O. The van der Waals surface area contributed by atoms with Crippen molar-refractivity contribution in [3.8, 4) is 5.75 Å². The summed E-state index contributed by atoms with van der Waals surface area (Å²) >= 11 is 0. The van der Waals surface area contributed by atoms with Crippen LogP contribution in [0.25, 0.3) is 10.8 Å². The predicted molar refractivity (Wildman–Crippen MR) is 131 cm³/mol. The first-order valence-electron chi connectivity index (χ1n) is 11.8. The summed E-state index contributed by atoms with van der Waals surface area (Å²) in [7, 11) is -4.41. The van der Waals surface area contributed by atoms with E-state index in [1.807, 2.05) is 23.2 Å². The number of nitrogens with one attached hydrogen (secondary N) is 2. The normalized spacial score (nSPS) is 24.6. The molecule has 1 saturated carbocycles. The zero-order chi connectivity index (χ0) is 27.2. The molecule has 2 heterocycles. The third-order valence-corrected chi connectivity index (χ3v) is 8.33. The Hall–Kier alpha value is -3.35. The molecule has 4 N–H and O–H groups in total. The van der Waals surface area contributed by atoms with Crippen molar-refractivity contribution in [2.45, 2.75) is 56.3 Å². The summed E-state index contributed by atoms with van der Waals surface area (Å²) in [6.07, 6.45) is -2.36. The van der Waals surface area contributed by atoms with Crippen molar-refractivity contribution in [1.29, 1.82) is 0 Å². The molecule has 2 aromatic carbocycles. The maximum absolute atomic E-state index is 14.0. The largest absolute Gasteiger partial charge is 0.480 e. The van der Waals surface area contributed by atoms with Gasteiger partial charge >= 0.3 is 19.4 Å². The average Bonchev–Trinajstić information content (AvgIpc) is 3.52. The maximum Gasteiger partial charge on any atom is 0.460 e. The number of carbonyl (C=O) groups is 1. The lowest BCUT2D eigenvalue weighted by molar-refractivity contribution is -0.138. The molecule has 1 aromatic heterocycles. The number of carboxylic acid groups (broad SMARTS) is 1. The molecule has 14 heteroatoms. The Kier molecular flexibility index (Phi) is 6.74. The van der Waals surface area contributed by atoms with E-state index in [9.17, 15) is 33.6 Å². The van der Waals surface area contributed by atoms with Gasteiger partial charge in [-0.1, -0.05) is 36.4 Å². The van der Waals surface area contributed by atoms with Crippen LogP contribution >= 0.6 is 7.75 Å². The molecule has 38 heavy (non-hydrogen) atoms. The number of nitrogens with zero attached hydrogens (tertiary/aromatic N) is 1. The fourth-order valence-electron chi connectivity index (χ4n) is 4.53. The van der Waals surface area contributed by atoms with Crippen LogP contribution < -0.4 is 20.9 Å². The molecule has 1 aliphatic heterocycles. The second-order valence-corrected chi connectivity index (χ2v) is 11.0. The first-order valence-corrected chi connectivity index (χ1v) is 13.4. The molecule has 0 bridgehead atoms. The van der Waals surface area contributed by atoms with Gasteiger partial charge in [-0.25, -0.2) is 9.36 Å². The molecule has 0 amide bonds. The number of aliphatic carboxylic acids is 1. The number of aromatic amines is 1. The minimum atomic E-state index is -4.41. The van der Waals surface area contributed by atoms with Crippen LogP contribution in [-0.2, 0) is 18.6 Å². The minimum Gasteiger partial charge on any atom is -0.480 e. The molecule has 2 aliphatic rings. The number of aliphatic hydroxyl groups excluding tert-OH is 1. The lowest BCUT2D eigenvalue weighted by Gasteiger charge is -2.31. The van der Waals surface area contributed by atoms with Gasteiger partial charge in [0.25, 0.3) is 5.56 Å². The van der Waals surface area contributed by atoms with Crippen LogP contribution in [0.3, 0.4) is 0 Å². The summed E-state index contributed by atoms with van der Waals surface area (Å²) in [5, 5.41) is 24.1. The Balaban J connectivity index is 1.44. The van der Waals surface area contributed by atoms with E-state index in [-0.39, 0.29) is 25.0 Å². The third-order valence-electron chi connectivity index (χ3n) is 6.58. The molecule has 0 radical (unpaired) electrons. The van der Waals surface area contributed by atoms with Crippen molar-refractivity contribution in [1.82, 2.24) is 14.6 Å². The number of hydrogen-bond acceptors (Lipinski definition) is 8. The molecule has 3 aromatic rings. The van der Waals surface area contributed by atoms with E-state index in [1.54, 1.807) is 24.3 Å². The Morgan fingerprint density at radius 2 is 1.97 bits per heavy atom. The van der Waals surface area contributed by atoms with Crippen molar-refractivity contribution in [3.63, 3.8) is 0 Å². The van der Waals surface area contributed by atoms with Crippen LogP contribution in [0.1, 0.15) is 32.4 Å². The van der Waals surface area contributed by atoms with Crippen molar-refractivity contribution in [2.75, 3.05) is 0 Å². The van der Waals surface area contributed by atoms with Gasteiger partial charge in [0.2, 0.25) is 5.82 Å². The molecule has 0 spiro atoms. The zero-order valence-corrected chi connectivity index (χ0v) is 21.0. The van der Waals surface area contributed by atoms with Gasteiger partial charge in [-0.05, 0) is 31.2 Å². The molecular formula is C24H25FN3O9P. The highest BCUT2D eigenvalue weighted by Gasteiger charge is 2.61. The van der Waals surface area contributed by atoms with Gasteiger partial charge in [0.1, 0.15) is 29.7 Å². The standard InChI is InChI=1S/C24H25FN3O9P/c1-13(22(31)32)27-38(34,36-18-8-4-6-14-5-2-3-7-15(14)18)37-24(9-10-24)20-17(29)11-19(35-20)28-12-16(25)21(30)26-23(28)33/h2-8,12-13,17,19-20,29H,9-11H2,1H3,(H,27,34)(H,31,32)(H,26,30,33)/t13-,17-,19+,20-,38-/m0/s1. The van der Waals surface area contributed by atoms with Gasteiger partial charge in [-0.15, -0.1) is 0 Å². The first kappa shape index (κ1) is 26.3. The monoisotopic (exact) mass is 549 g/mol. The highest BCUT2D eigenvalue weighted by atomic mass is 31.2. The highest BCUT2D eigenvalue weighted by Crippen LogP contribution is 2.60. The Morgan fingerprint density at radius 3 is 2.68 bits per heavy atom. The van der Waals surface area contributed by atoms with Crippen molar-refractivity contribution in [2.24, 2.45) is 0 Å². The molecule has 0 unspecified atom stereocenters. The van der Waals surface area contributed by atoms with Gasteiger partial charge in [0, 0.05) is 11.8 Å². The Morgan fingerprint density at radius 1 is 1.26 bits per heavy atom. The number of benzene rings is 2. The number of fused-ring (bicyclic) bond motifs is 1. The number of carboxylic acids is 1. The predicted octanol–water partition coefficient (Wildman–Crippen LogP) is 2.28. The van der Waals surface area contributed by atoms with Gasteiger partial charge < -0.3 is 19.5 Å². The quantitative estimate of drug-likeness (QED) is 0.291. The Labute approximate surface area is 214 Å². The van der Waals surface area contributed by atoms with Crippen LogP contribution in [0, 0.1) is 5.82 Å². The lowest BCUT2D eigenvalue weighted by Crippen LogP contribution is -2.41. The minimum absolute atomic E-state index is 0.144. The van der Waals surface area contributed by atoms with Crippen LogP contribution in [0.15, 0.2) is 58.3 Å². The molecular weight excluding hydrogens is 524 g/mol. The van der Waals surface area contributed by atoms with E-state index in [1.165, 1.54) is 6.92 Å². The number of ether oxygens (including phenoxy) is 1. The Bertz CT molecular complexity index is 1550. The fourth-order valence-corrected chi connectivity index (χ4v) is 6.44. The molecule has 12 nitrogen and oxygen atoms in total. The van der Waals surface area contributed by atoms with E-state index < -0.39 is 60.9 Å². The van der Waals surface area contributed by atoms with Crippen LogP contribution in [0.5, 0.6) is 5.75 Å². The van der Waals surface area contributed by atoms with Gasteiger partial charge in [0.15, 0.2) is 0 Å². The third kappa shape index (κ3) is 5.03.